The van der Waals surface area contributed by atoms with Gasteiger partial charge < -0.3 is 24.9 Å². The normalized spacial score (nSPS) is 14.0. The summed E-state index contributed by atoms with van der Waals surface area (Å²) in [4.78, 5) is 25.1. The van der Waals surface area contributed by atoms with Crippen LogP contribution in [0.3, 0.4) is 0 Å². The van der Waals surface area contributed by atoms with E-state index in [1.807, 2.05) is 84.9 Å². The minimum absolute atomic E-state index is 0.102. The van der Waals surface area contributed by atoms with E-state index in [2.05, 4.69) is 60.4 Å². The van der Waals surface area contributed by atoms with Crippen LogP contribution in [0.1, 0.15) is 43.9 Å². The average Bonchev–Trinajstić information content (AvgIpc) is 2.92. The molecule has 0 saturated heterocycles. The standard InChI is InChI=1S/C33H43BrN2O5Si/c1-33(2,3)42(4,5)41-30(29(36-31(37)38)21-24-12-8-6-9-13-24)22-28(20-25-16-18-27(34)19-17-25)35-32(39)40-23-26-14-10-7-11-15-26/h6-19,28-30,36H,20-23H2,1-5H3,(H,35,39)(H,37,38)/t28-,29-,30+/m0/s1. The van der Waals surface area contributed by atoms with E-state index in [-0.39, 0.29) is 17.7 Å². The zero-order valence-corrected chi connectivity index (χ0v) is 27.7. The zero-order chi connectivity index (χ0) is 30.8. The van der Waals surface area contributed by atoms with Crippen molar-refractivity contribution in [1.29, 1.82) is 0 Å². The second-order valence-electron chi connectivity index (χ2n) is 12.1. The summed E-state index contributed by atoms with van der Waals surface area (Å²) in [6, 6.07) is 26.4. The number of ether oxygens (including phenoxy) is 1. The van der Waals surface area contributed by atoms with Crippen LogP contribution in [0, 0.1) is 0 Å². The van der Waals surface area contributed by atoms with Crippen LogP contribution in [0.15, 0.2) is 89.4 Å². The van der Waals surface area contributed by atoms with Crippen LogP contribution in [-0.4, -0.2) is 43.8 Å². The first-order valence-electron chi connectivity index (χ1n) is 14.3. The van der Waals surface area contributed by atoms with E-state index in [9.17, 15) is 14.7 Å². The fourth-order valence-corrected chi connectivity index (χ4v) is 6.10. The number of alkyl carbamates (subject to hydrolysis) is 1. The molecule has 0 fully saturated rings. The molecule has 2 amide bonds. The molecule has 0 saturated carbocycles. The largest absolute Gasteiger partial charge is 0.465 e. The van der Waals surface area contributed by atoms with Gasteiger partial charge in [0.05, 0.1) is 12.1 Å². The predicted octanol–water partition coefficient (Wildman–Crippen LogP) is 7.95. The molecule has 3 atom stereocenters. The number of rotatable bonds is 13. The van der Waals surface area contributed by atoms with Gasteiger partial charge in [-0.15, -0.1) is 0 Å². The quantitative estimate of drug-likeness (QED) is 0.163. The summed E-state index contributed by atoms with van der Waals surface area (Å²) < 4.78 is 13.5. The summed E-state index contributed by atoms with van der Waals surface area (Å²) >= 11 is 3.49. The van der Waals surface area contributed by atoms with E-state index in [1.165, 1.54) is 0 Å². The molecule has 3 N–H and O–H groups in total. The highest BCUT2D eigenvalue weighted by Crippen LogP contribution is 2.38. The fourth-order valence-electron chi connectivity index (χ4n) is 4.46. The van der Waals surface area contributed by atoms with Gasteiger partial charge in [-0.1, -0.05) is 109 Å². The van der Waals surface area contributed by atoms with Gasteiger partial charge in [0.2, 0.25) is 0 Å². The third kappa shape index (κ3) is 10.9. The number of halogens is 1. The first-order chi connectivity index (χ1) is 19.8. The smallest absolute Gasteiger partial charge is 0.407 e. The zero-order valence-electron chi connectivity index (χ0n) is 25.1. The summed E-state index contributed by atoms with van der Waals surface area (Å²) in [6.45, 7) is 10.9. The van der Waals surface area contributed by atoms with Gasteiger partial charge in [0.1, 0.15) is 6.61 Å². The summed E-state index contributed by atoms with van der Waals surface area (Å²) in [5, 5.41) is 15.5. The van der Waals surface area contributed by atoms with Gasteiger partial charge in [0, 0.05) is 10.5 Å². The fraction of sp³-hybridized carbons (Fsp3) is 0.394. The molecule has 3 rings (SSSR count). The lowest BCUT2D eigenvalue weighted by Crippen LogP contribution is -2.54. The Kier molecular flexibility index (Phi) is 12.2. The molecular weight excluding hydrogens is 612 g/mol. The minimum atomic E-state index is -2.35. The molecule has 226 valence electrons. The minimum Gasteiger partial charge on any atom is -0.465 e. The van der Waals surface area contributed by atoms with Crippen molar-refractivity contribution in [3.63, 3.8) is 0 Å². The van der Waals surface area contributed by atoms with Crippen molar-refractivity contribution in [2.24, 2.45) is 0 Å². The lowest BCUT2D eigenvalue weighted by molar-refractivity contribution is 0.102. The monoisotopic (exact) mass is 654 g/mol. The molecule has 0 aliphatic rings. The topological polar surface area (TPSA) is 96.9 Å². The molecule has 3 aromatic carbocycles. The maximum absolute atomic E-state index is 13.1. The second-order valence-corrected chi connectivity index (χ2v) is 17.8. The van der Waals surface area contributed by atoms with Crippen LogP contribution in [0.25, 0.3) is 0 Å². The highest BCUT2D eigenvalue weighted by molar-refractivity contribution is 9.10. The van der Waals surface area contributed by atoms with Crippen molar-refractivity contribution < 1.29 is 23.9 Å². The Morgan fingerprint density at radius 3 is 1.93 bits per heavy atom. The molecule has 0 aliphatic carbocycles. The van der Waals surface area contributed by atoms with Gasteiger partial charge in [0.15, 0.2) is 8.32 Å². The molecule has 42 heavy (non-hydrogen) atoms. The third-order valence-electron chi connectivity index (χ3n) is 7.76. The van der Waals surface area contributed by atoms with Crippen LogP contribution < -0.4 is 10.6 Å². The van der Waals surface area contributed by atoms with E-state index in [4.69, 9.17) is 9.16 Å². The van der Waals surface area contributed by atoms with Gasteiger partial charge in [-0.25, -0.2) is 9.59 Å². The predicted molar refractivity (Wildman–Crippen MR) is 173 cm³/mol. The van der Waals surface area contributed by atoms with Crippen molar-refractivity contribution in [3.05, 3.63) is 106 Å². The van der Waals surface area contributed by atoms with Crippen LogP contribution in [-0.2, 0) is 28.6 Å². The maximum atomic E-state index is 13.1. The van der Waals surface area contributed by atoms with Gasteiger partial charge >= 0.3 is 12.2 Å². The number of hydrogen-bond donors (Lipinski definition) is 3. The van der Waals surface area contributed by atoms with Crippen LogP contribution in [0.5, 0.6) is 0 Å². The van der Waals surface area contributed by atoms with Crippen molar-refractivity contribution in [2.75, 3.05) is 0 Å². The molecule has 0 unspecified atom stereocenters. The Morgan fingerprint density at radius 1 is 0.833 bits per heavy atom. The second kappa shape index (κ2) is 15.4. The number of carbonyl (C=O) groups excluding carboxylic acids is 1. The Hall–Kier alpha value is -3.14. The molecule has 0 aliphatic heterocycles. The average molecular weight is 656 g/mol. The van der Waals surface area contributed by atoms with Crippen LogP contribution in [0.2, 0.25) is 18.1 Å². The molecule has 0 radical (unpaired) electrons. The lowest BCUT2D eigenvalue weighted by Gasteiger charge is -2.42. The molecule has 3 aromatic rings. The van der Waals surface area contributed by atoms with Crippen molar-refractivity contribution in [3.8, 4) is 0 Å². The van der Waals surface area contributed by atoms with Crippen molar-refractivity contribution in [1.82, 2.24) is 10.6 Å². The number of hydrogen-bond acceptors (Lipinski definition) is 4. The molecule has 0 heterocycles. The van der Waals surface area contributed by atoms with Crippen LogP contribution in [0.4, 0.5) is 9.59 Å². The number of nitrogens with one attached hydrogen (secondary N) is 2. The summed E-state index contributed by atoms with van der Waals surface area (Å²) in [5.74, 6) is 0. The van der Waals surface area contributed by atoms with E-state index in [0.29, 0.717) is 19.3 Å². The van der Waals surface area contributed by atoms with E-state index in [0.717, 1.165) is 21.2 Å². The van der Waals surface area contributed by atoms with E-state index in [1.54, 1.807) is 0 Å². The molecule has 7 nitrogen and oxygen atoms in total. The number of carbonyl (C=O) groups is 2. The van der Waals surface area contributed by atoms with E-state index >= 15 is 0 Å². The molecular formula is C33H43BrN2O5Si. The lowest BCUT2D eigenvalue weighted by atomic mass is 9.94. The maximum Gasteiger partial charge on any atom is 0.407 e. The Bertz CT molecular complexity index is 1270. The highest BCUT2D eigenvalue weighted by Gasteiger charge is 2.42. The number of carboxylic acid groups (broad SMARTS) is 1. The first kappa shape index (κ1) is 33.4. The van der Waals surface area contributed by atoms with Crippen LogP contribution >= 0.6 is 15.9 Å². The number of amides is 2. The van der Waals surface area contributed by atoms with Gasteiger partial charge in [-0.3, -0.25) is 0 Å². The molecule has 0 aromatic heterocycles. The summed E-state index contributed by atoms with van der Waals surface area (Å²) in [7, 11) is -2.35. The Labute approximate surface area is 259 Å². The SMILES string of the molecule is CC(C)(C)[Si](C)(C)O[C@H](C[C@H](Cc1ccc(Br)cc1)NC(=O)OCc1ccccc1)[C@H](Cc1ccccc1)NC(=O)O. The summed E-state index contributed by atoms with van der Waals surface area (Å²) in [5.41, 5.74) is 2.92. The highest BCUT2D eigenvalue weighted by atomic mass is 79.9. The first-order valence-corrected chi connectivity index (χ1v) is 18.0. The molecule has 0 spiro atoms. The third-order valence-corrected chi connectivity index (χ3v) is 12.8. The van der Waals surface area contributed by atoms with Crippen molar-refractivity contribution in [2.45, 2.75) is 83.0 Å². The Balaban J connectivity index is 1.92. The Morgan fingerprint density at radius 2 is 1.38 bits per heavy atom. The molecule has 9 heteroatoms. The van der Waals surface area contributed by atoms with E-state index < -0.39 is 32.6 Å². The van der Waals surface area contributed by atoms with Crippen molar-refractivity contribution >= 4 is 36.4 Å². The van der Waals surface area contributed by atoms with Gasteiger partial charge in [-0.05, 0) is 66.2 Å². The van der Waals surface area contributed by atoms with Gasteiger partial charge in [0.25, 0.3) is 0 Å². The van der Waals surface area contributed by atoms with Gasteiger partial charge in [-0.2, -0.15) is 0 Å². The number of benzene rings is 3. The summed E-state index contributed by atoms with van der Waals surface area (Å²) in [6.07, 6.45) is -0.776. The molecule has 0 bridgehead atoms.